The molecule has 0 unspecified atom stereocenters. The van der Waals surface area contributed by atoms with Crippen molar-refractivity contribution >= 4 is 28.3 Å². The van der Waals surface area contributed by atoms with E-state index in [0.717, 1.165) is 16.8 Å². The summed E-state index contributed by atoms with van der Waals surface area (Å²) < 4.78 is 0. The Morgan fingerprint density at radius 3 is 1.90 bits per heavy atom. The van der Waals surface area contributed by atoms with Gasteiger partial charge in [-0.2, -0.15) is 0 Å². The predicted molar refractivity (Wildman–Crippen MR) is 87.4 cm³/mol. The quantitative estimate of drug-likeness (QED) is 0.440. The molecule has 2 aromatic rings. The second-order valence-electron chi connectivity index (χ2n) is 4.26. The fraction of sp³-hybridized carbons (Fsp3) is 0.0588. The standard InChI is InChI=1S/C17H15ClN2/c1-13(15-9-5-3-6-10-15)19-17(18)20-14(2)16-11-7-4-8-12-16/h3-12H,1H2,2H3/b19-17?,20-14+. The van der Waals surface area contributed by atoms with E-state index >= 15 is 0 Å². The molecule has 2 nitrogen and oxygen atoms in total. The fourth-order valence-corrected chi connectivity index (χ4v) is 1.94. The van der Waals surface area contributed by atoms with Crippen molar-refractivity contribution in [3.63, 3.8) is 0 Å². The molecule has 20 heavy (non-hydrogen) atoms. The maximum absolute atomic E-state index is 6.07. The van der Waals surface area contributed by atoms with E-state index in [4.69, 9.17) is 11.6 Å². The first-order chi connectivity index (χ1) is 9.66. The molecule has 0 saturated heterocycles. The number of aliphatic imine (C=N–C) groups is 2. The lowest BCUT2D eigenvalue weighted by molar-refractivity contribution is 1.49. The van der Waals surface area contributed by atoms with Crippen LogP contribution in [0.15, 0.2) is 77.2 Å². The lowest BCUT2D eigenvalue weighted by atomic mass is 10.1. The van der Waals surface area contributed by atoms with Crippen molar-refractivity contribution in [3.8, 4) is 0 Å². The highest BCUT2D eigenvalue weighted by molar-refractivity contribution is 6.66. The smallest absolute Gasteiger partial charge is 0.223 e. The van der Waals surface area contributed by atoms with Crippen LogP contribution in [0.4, 0.5) is 0 Å². The van der Waals surface area contributed by atoms with Crippen LogP contribution in [-0.2, 0) is 0 Å². The van der Waals surface area contributed by atoms with Gasteiger partial charge in [-0.05, 0) is 29.7 Å². The highest BCUT2D eigenvalue weighted by atomic mass is 35.5. The van der Waals surface area contributed by atoms with Gasteiger partial charge in [0.1, 0.15) is 0 Å². The maximum atomic E-state index is 6.07. The topological polar surface area (TPSA) is 24.7 Å². The summed E-state index contributed by atoms with van der Waals surface area (Å²) in [5.74, 6) is 0. The minimum atomic E-state index is 0.181. The SMILES string of the molecule is C=C(N=C(Cl)/N=C(\C)c1ccccc1)c1ccccc1. The van der Waals surface area contributed by atoms with Crippen LogP contribution in [0.2, 0.25) is 0 Å². The van der Waals surface area contributed by atoms with Gasteiger partial charge in [-0.3, -0.25) is 0 Å². The van der Waals surface area contributed by atoms with Gasteiger partial charge in [0, 0.05) is 5.71 Å². The lowest BCUT2D eigenvalue weighted by Gasteiger charge is -2.01. The normalized spacial score (nSPS) is 12.3. The van der Waals surface area contributed by atoms with E-state index in [-0.39, 0.29) is 5.29 Å². The van der Waals surface area contributed by atoms with Gasteiger partial charge in [0.2, 0.25) is 5.29 Å². The van der Waals surface area contributed by atoms with Gasteiger partial charge in [-0.1, -0.05) is 67.2 Å². The number of halogens is 1. The average Bonchev–Trinajstić information content (AvgIpc) is 2.49. The van der Waals surface area contributed by atoms with Gasteiger partial charge in [0.25, 0.3) is 0 Å². The van der Waals surface area contributed by atoms with Crippen LogP contribution < -0.4 is 0 Å². The van der Waals surface area contributed by atoms with Crippen molar-refractivity contribution in [2.45, 2.75) is 6.92 Å². The zero-order valence-corrected chi connectivity index (χ0v) is 12.0. The summed E-state index contributed by atoms with van der Waals surface area (Å²) in [4.78, 5) is 8.50. The number of amidine groups is 1. The van der Waals surface area contributed by atoms with Crippen LogP contribution in [0.25, 0.3) is 5.70 Å². The minimum absolute atomic E-state index is 0.181. The Kier molecular flexibility index (Phi) is 4.85. The molecule has 0 saturated carbocycles. The number of hydrogen-bond acceptors (Lipinski definition) is 1. The molecule has 0 aromatic heterocycles. The van der Waals surface area contributed by atoms with E-state index in [9.17, 15) is 0 Å². The van der Waals surface area contributed by atoms with Crippen LogP contribution in [0.1, 0.15) is 18.1 Å². The van der Waals surface area contributed by atoms with Crippen molar-refractivity contribution in [3.05, 3.63) is 78.4 Å². The van der Waals surface area contributed by atoms with E-state index in [1.54, 1.807) is 0 Å². The molecule has 0 bridgehead atoms. The van der Waals surface area contributed by atoms with E-state index < -0.39 is 0 Å². The second kappa shape index (κ2) is 6.83. The first kappa shape index (κ1) is 14.2. The lowest BCUT2D eigenvalue weighted by Crippen LogP contribution is -1.97. The number of benzene rings is 2. The van der Waals surface area contributed by atoms with Gasteiger partial charge in [-0.15, -0.1) is 0 Å². The Morgan fingerprint density at radius 1 is 0.850 bits per heavy atom. The van der Waals surface area contributed by atoms with Gasteiger partial charge in [0.05, 0.1) is 5.70 Å². The predicted octanol–water partition coefficient (Wildman–Crippen LogP) is 4.76. The zero-order chi connectivity index (χ0) is 14.4. The van der Waals surface area contributed by atoms with E-state index in [1.807, 2.05) is 67.6 Å². The third kappa shape index (κ3) is 3.90. The molecule has 0 amide bonds. The summed E-state index contributed by atoms with van der Waals surface area (Å²) in [7, 11) is 0. The first-order valence-electron chi connectivity index (χ1n) is 6.26. The van der Waals surface area contributed by atoms with Crippen LogP contribution >= 0.6 is 11.6 Å². The molecule has 2 aromatic carbocycles. The fourth-order valence-electron chi connectivity index (χ4n) is 1.71. The van der Waals surface area contributed by atoms with Gasteiger partial charge >= 0.3 is 0 Å². The Bertz CT molecular complexity index is 643. The summed E-state index contributed by atoms with van der Waals surface area (Å²) in [6, 6.07) is 19.5. The molecule has 2 rings (SSSR count). The van der Waals surface area contributed by atoms with Crippen molar-refractivity contribution in [2.75, 3.05) is 0 Å². The van der Waals surface area contributed by atoms with Crippen LogP contribution in [0.5, 0.6) is 0 Å². The second-order valence-corrected chi connectivity index (χ2v) is 4.59. The Hall–Kier alpha value is -2.19. The van der Waals surface area contributed by atoms with Crippen molar-refractivity contribution in [1.29, 1.82) is 0 Å². The van der Waals surface area contributed by atoms with E-state index in [2.05, 4.69) is 16.6 Å². The molecule has 0 spiro atoms. The molecule has 0 fully saturated rings. The molecule has 0 N–H and O–H groups in total. The van der Waals surface area contributed by atoms with Gasteiger partial charge in [0.15, 0.2) is 0 Å². The van der Waals surface area contributed by atoms with Crippen LogP contribution in [-0.4, -0.2) is 11.0 Å². The summed E-state index contributed by atoms with van der Waals surface area (Å²) in [5.41, 5.74) is 3.37. The molecular weight excluding hydrogens is 268 g/mol. The molecule has 0 radical (unpaired) electrons. The molecule has 0 atom stereocenters. The number of rotatable bonds is 3. The number of nitrogens with zero attached hydrogens (tertiary/aromatic N) is 2. The summed E-state index contributed by atoms with van der Waals surface area (Å²) in [6.07, 6.45) is 0. The van der Waals surface area contributed by atoms with Gasteiger partial charge < -0.3 is 0 Å². The van der Waals surface area contributed by atoms with Crippen molar-refractivity contribution in [1.82, 2.24) is 0 Å². The summed E-state index contributed by atoms with van der Waals surface area (Å²) in [6.45, 7) is 5.81. The molecule has 0 aliphatic heterocycles. The maximum Gasteiger partial charge on any atom is 0.223 e. The Balaban J connectivity index is 2.17. The Morgan fingerprint density at radius 2 is 1.35 bits per heavy atom. The third-order valence-electron chi connectivity index (χ3n) is 2.79. The molecule has 100 valence electrons. The average molecular weight is 283 g/mol. The summed E-state index contributed by atoms with van der Waals surface area (Å²) >= 11 is 6.07. The van der Waals surface area contributed by atoms with E-state index in [0.29, 0.717) is 5.70 Å². The third-order valence-corrected chi connectivity index (χ3v) is 2.95. The molecular formula is C17H15ClN2. The zero-order valence-electron chi connectivity index (χ0n) is 11.3. The van der Waals surface area contributed by atoms with Crippen molar-refractivity contribution in [2.24, 2.45) is 9.98 Å². The summed E-state index contributed by atoms with van der Waals surface area (Å²) in [5, 5.41) is 0.181. The van der Waals surface area contributed by atoms with Crippen LogP contribution in [0.3, 0.4) is 0 Å². The molecule has 0 aliphatic carbocycles. The molecule has 0 aliphatic rings. The molecule has 0 heterocycles. The van der Waals surface area contributed by atoms with Crippen molar-refractivity contribution < 1.29 is 0 Å². The highest BCUT2D eigenvalue weighted by Gasteiger charge is 2.00. The van der Waals surface area contributed by atoms with Gasteiger partial charge in [-0.25, -0.2) is 9.98 Å². The molecule has 3 heteroatoms. The largest absolute Gasteiger partial charge is 0.223 e. The van der Waals surface area contributed by atoms with E-state index in [1.165, 1.54) is 0 Å². The van der Waals surface area contributed by atoms with Crippen LogP contribution in [0, 0.1) is 0 Å². The number of hydrogen-bond donors (Lipinski definition) is 0. The monoisotopic (exact) mass is 282 g/mol. The minimum Gasteiger partial charge on any atom is -0.223 e. The Labute approximate surface area is 124 Å². The first-order valence-corrected chi connectivity index (χ1v) is 6.64. The highest BCUT2D eigenvalue weighted by Crippen LogP contribution is 2.14.